The molecule has 0 aromatic heterocycles. The first-order valence-corrected chi connectivity index (χ1v) is 5.46. The Hall–Kier alpha value is -1.49. The number of hydrogen-bond acceptors (Lipinski definition) is 2. The summed E-state index contributed by atoms with van der Waals surface area (Å²) >= 11 is 0. The molecule has 0 atom stereocenters. The average Bonchev–Trinajstić information content (AvgIpc) is 3.04. The van der Waals surface area contributed by atoms with Gasteiger partial charge in [0.1, 0.15) is 11.6 Å². The van der Waals surface area contributed by atoms with Crippen LogP contribution in [-0.4, -0.2) is 18.0 Å². The van der Waals surface area contributed by atoms with Gasteiger partial charge in [-0.1, -0.05) is 0 Å². The second-order valence-corrected chi connectivity index (χ2v) is 4.52. The van der Waals surface area contributed by atoms with Crippen molar-refractivity contribution in [2.45, 2.75) is 25.3 Å². The first kappa shape index (κ1) is 12.0. The van der Waals surface area contributed by atoms with Crippen LogP contribution in [0.25, 0.3) is 0 Å². The van der Waals surface area contributed by atoms with E-state index < -0.39 is 17.5 Å². The lowest BCUT2D eigenvalue weighted by Crippen LogP contribution is -2.42. The molecule has 1 fully saturated rings. The van der Waals surface area contributed by atoms with Crippen LogP contribution in [0.4, 0.5) is 8.78 Å². The van der Waals surface area contributed by atoms with Crippen molar-refractivity contribution in [2.24, 2.45) is 5.73 Å². The fraction of sp³-hybridized carbons (Fsp3) is 0.417. The van der Waals surface area contributed by atoms with E-state index >= 15 is 0 Å². The number of aryl methyl sites for hydroxylation is 1. The van der Waals surface area contributed by atoms with Gasteiger partial charge in [-0.3, -0.25) is 4.79 Å². The lowest BCUT2D eigenvalue weighted by Gasteiger charge is -2.15. The van der Waals surface area contributed by atoms with Gasteiger partial charge in [0.15, 0.2) is 0 Å². The van der Waals surface area contributed by atoms with E-state index in [9.17, 15) is 13.6 Å². The van der Waals surface area contributed by atoms with Crippen LogP contribution in [0.3, 0.4) is 0 Å². The van der Waals surface area contributed by atoms with Crippen molar-refractivity contribution in [2.75, 3.05) is 6.54 Å². The Morgan fingerprint density at radius 2 is 2.06 bits per heavy atom. The van der Waals surface area contributed by atoms with Gasteiger partial charge in [0.05, 0.1) is 11.1 Å². The van der Waals surface area contributed by atoms with Crippen molar-refractivity contribution in [3.05, 3.63) is 34.9 Å². The van der Waals surface area contributed by atoms with Crippen LogP contribution in [0.1, 0.15) is 28.8 Å². The fourth-order valence-electron chi connectivity index (χ4n) is 1.67. The number of halogens is 2. The predicted molar refractivity (Wildman–Crippen MR) is 59.6 cm³/mol. The molecule has 0 unspecified atom stereocenters. The summed E-state index contributed by atoms with van der Waals surface area (Å²) in [6.07, 6.45) is 1.61. The molecule has 0 heterocycles. The summed E-state index contributed by atoms with van der Waals surface area (Å²) in [4.78, 5) is 11.8. The molecule has 0 saturated heterocycles. The second-order valence-electron chi connectivity index (χ2n) is 4.52. The maximum absolute atomic E-state index is 13.4. The number of carbonyl (C=O) groups excluding carboxylic acids is 1. The lowest BCUT2D eigenvalue weighted by atomic mass is 10.1. The minimum absolute atomic E-state index is 0.136. The molecule has 0 aliphatic heterocycles. The normalized spacial score (nSPS) is 16.7. The summed E-state index contributed by atoms with van der Waals surface area (Å²) in [7, 11) is 0. The number of nitrogens with one attached hydrogen (secondary N) is 1. The summed E-state index contributed by atoms with van der Waals surface area (Å²) in [5.41, 5.74) is 5.24. The Labute approximate surface area is 98.0 Å². The van der Waals surface area contributed by atoms with Crippen molar-refractivity contribution in [1.82, 2.24) is 5.32 Å². The van der Waals surface area contributed by atoms with Gasteiger partial charge in [0, 0.05) is 12.6 Å². The van der Waals surface area contributed by atoms with Gasteiger partial charge in [-0.05, 0) is 31.4 Å². The van der Waals surface area contributed by atoms with E-state index in [1.165, 1.54) is 13.0 Å². The third kappa shape index (κ3) is 2.29. The summed E-state index contributed by atoms with van der Waals surface area (Å²) < 4.78 is 26.5. The van der Waals surface area contributed by atoms with E-state index in [-0.39, 0.29) is 16.7 Å². The van der Waals surface area contributed by atoms with Gasteiger partial charge >= 0.3 is 0 Å². The van der Waals surface area contributed by atoms with E-state index in [1.54, 1.807) is 0 Å². The molecule has 1 aliphatic carbocycles. The number of rotatable bonds is 3. The third-order valence-corrected chi connectivity index (χ3v) is 3.12. The molecule has 1 saturated carbocycles. The van der Waals surface area contributed by atoms with Crippen LogP contribution >= 0.6 is 0 Å². The number of amides is 1. The highest BCUT2D eigenvalue weighted by molar-refractivity contribution is 5.95. The number of carbonyl (C=O) groups is 1. The fourth-order valence-corrected chi connectivity index (χ4v) is 1.67. The molecule has 1 amide bonds. The Balaban J connectivity index is 2.22. The largest absolute Gasteiger partial charge is 0.345 e. The van der Waals surface area contributed by atoms with E-state index in [0.717, 1.165) is 18.9 Å². The molecular weight excluding hydrogens is 226 g/mol. The Morgan fingerprint density at radius 3 is 2.59 bits per heavy atom. The van der Waals surface area contributed by atoms with Gasteiger partial charge < -0.3 is 11.1 Å². The smallest absolute Gasteiger partial charge is 0.254 e. The molecule has 17 heavy (non-hydrogen) atoms. The zero-order valence-electron chi connectivity index (χ0n) is 9.52. The van der Waals surface area contributed by atoms with Crippen LogP contribution in [0, 0.1) is 18.6 Å². The van der Waals surface area contributed by atoms with Crippen LogP contribution in [0.15, 0.2) is 12.1 Å². The number of benzene rings is 1. The standard InChI is InChI=1S/C12H14F2N2O/c1-7-4-8(10(14)5-9(7)13)11(17)16-12(6-15)2-3-12/h4-5H,2-3,6,15H2,1H3,(H,16,17). The van der Waals surface area contributed by atoms with Crippen molar-refractivity contribution in [3.63, 3.8) is 0 Å². The molecule has 2 rings (SSSR count). The monoisotopic (exact) mass is 240 g/mol. The maximum atomic E-state index is 13.4. The average molecular weight is 240 g/mol. The molecule has 0 radical (unpaired) electrons. The lowest BCUT2D eigenvalue weighted by molar-refractivity contribution is 0.0929. The molecule has 92 valence electrons. The van der Waals surface area contributed by atoms with Crippen LogP contribution in [-0.2, 0) is 0 Å². The van der Waals surface area contributed by atoms with E-state index in [2.05, 4.69) is 5.32 Å². The highest BCUT2D eigenvalue weighted by Crippen LogP contribution is 2.34. The molecule has 5 heteroatoms. The van der Waals surface area contributed by atoms with Gasteiger partial charge in [-0.15, -0.1) is 0 Å². The zero-order chi connectivity index (χ0) is 12.6. The Morgan fingerprint density at radius 1 is 1.41 bits per heavy atom. The van der Waals surface area contributed by atoms with Crippen molar-refractivity contribution in [3.8, 4) is 0 Å². The Kier molecular flexibility index (Phi) is 2.87. The van der Waals surface area contributed by atoms with Gasteiger partial charge in [-0.2, -0.15) is 0 Å². The molecule has 1 aliphatic rings. The SMILES string of the molecule is Cc1cc(C(=O)NC2(CN)CC2)c(F)cc1F. The zero-order valence-corrected chi connectivity index (χ0v) is 9.52. The van der Waals surface area contributed by atoms with Crippen LogP contribution < -0.4 is 11.1 Å². The molecule has 3 N–H and O–H groups in total. The van der Waals surface area contributed by atoms with Gasteiger partial charge in [0.2, 0.25) is 0 Å². The van der Waals surface area contributed by atoms with Crippen LogP contribution in [0.2, 0.25) is 0 Å². The molecule has 1 aromatic carbocycles. The molecule has 1 aromatic rings. The minimum Gasteiger partial charge on any atom is -0.345 e. The van der Waals surface area contributed by atoms with E-state index in [4.69, 9.17) is 5.73 Å². The summed E-state index contributed by atoms with van der Waals surface area (Å²) in [5, 5.41) is 2.69. The number of nitrogens with two attached hydrogens (primary N) is 1. The van der Waals surface area contributed by atoms with Gasteiger partial charge in [-0.25, -0.2) is 8.78 Å². The highest BCUT2D eigenvalue weighted by Gasteiger charge is 2.43. The topological polar surface area (TPSA) is 55.1 Å². The maximum Gasteiger partial charge on any atom is 0.254 e. The van der Waals surface area contributed by atoms with E-state index in [0.29, 0.717) is 6.54 Å². The van der Waals surface area contributed by atoms with Crippen molar-refractivity contribution >= 4 is 5.91 Å². The van der Waals surface area contributed by atoms with Crippen molar-refractivity contribution < 1.29 is 13.6 Å². The summed E-state index contributed by atoms with van der Waals surface area (Å²) in [6.45, 7) is 1.82. The van der Waals surface area contributed by atoms with Gasteiger partial charge in [0.25, 0.3) is 5.91 Å². The molecular formula is C12H14F2N2O. The van der Waals surface area contributed by atoms with Crippen molar-refractivity contribution in [1.29, 1.82) is 0 Å². The first-order chi connectivity index (χ1) is 7.97. The predicted octanol–water partition coefficient (Wildman–Crippen LogP) is 1.49. The molecule has 3 nitrogen and oxygen atoms in total. The quantitative estimate of drug-likeness (QED) is 0.841. The molecule has 0 spiro atoms. The first-order valence-electron chi connectivity index (χ1n) is 5.46. The number of hydrogen-bond donors (Lipinski definition) is 2. The third-order valence-electron chi connectivity index (χ3n) is 3.12. The minimum atomic E-state index is -0.849. The summed E-state index contributed by atoms with van der Waals surface area (Å²) in [5.74, 6) is -2.04. The highest BCUT2D eigenvalue weighted by atomic mass is 19.1. The summed E-state index contributed by atoms with van der Waals surface area (Å²) in [6, 6.07) is 1.94. The van der Waals surface area contributed by atoms with Crippen LogP contribution in [0.5, 0.6) is 0 Å². The Bertz CT molecular complexity index is 470. The molecule has 0 bridgehead atoms. The second kappa shape index (κ2) is 4.07. The van der Waals surface area contributed by atoms with E-state index in [1.807, 2.05) is 0 Å².